The molecule has 140 valence electrons. The van der Waals surface area contributed by atoms with E-state index in [0.717, 1.165) is 42.0 Å². The number of amides is 2. The number of hydrogen-bond acceptors (Lipinski definition) is 3. The van der Waals surface area contributed by atoms with Crippen LogP contribution in [-0.2, 0) is 19.6 Å². The third-order valence-corrected chi connectivity index (χ3v) is 4.75. The summed E-state index contributed by atoms with van der Waals surface area (Å²) in [5.41, 5.74) is 3.26. The molecule has 0 bridgehead atoms. The fourth-order valence-corrected chi connectivity index (χ4v) is 3.10. The Morgan fingerprint density at radius 2 is 2.19 bits per heavy atom. The lowest BCUT2D eigenvalue weighted by molar-refractivity contribution is 0.191. The fraction of sp³-hybridized carbons (Fsp3) is 0.500. The van der Waals surface area contributed by atoms with Crippen molar-refractivity contribution in [1.29, 1.82) is 0 Å². The zero-order chi connectivity index (χ0) is 18.5. The predicted octanol–water partition coefficient (Wildman–Crippen LogP) is 3.48. The second-order valence-corrected chi connectivity index (χ2v) is 6.67. The molecule has 1 aromatic heterocycles. The molecule has 1 aliphatic carbocycles. The van der Waals surface area contributed by atoms with Crippen molar-refractivity contribution < 1.29 is 9.53 Å². The topological polar surface area (TPSA) is 59.4 Å². The molecule has 0 atom stereocenters. The van der Waals surface area contributed by atoms with E-state index in [1.165, 1.54) is 0 Å². The molecule has 6 heteroatoms. The Hall–Kier alpha value is -2.50. The number of urea groups is 1. The monoisotopic (exact) mass is 356 g/mol. The summed E-state index contributed by atoms with van der Waals surface area (Å²) >= 11 is 0. The highest BCUT2D eigenvalue weighted by molar-refractivity contribution is 5.75. The maximum atomic E-state index is 12.8. The van der Waals surface area contributed by atoms with Gasteiger partial charge in [-0.05, 0) is 51.3 Å². The van der Waals surface area contributed by atoms with Gasteiger partial charge in [-0.1, -0.05) is 12.1 Å². The summed E-state index contributed by atoms with van der Waals surface area (Å²) in [4.78, 5) is 14.7. The lowest BCUT2D eigenvalue weighted by Gasteiger charge is -2.23. The van der Waals surface area contributed by atoms with E-state index in [0.29, 0.717) is 25.7 Å². The summed E-state index contributed by atoms with van der Waals surface area (Å²) in [6, 6.07) is 8.31. The number of aryl methyl sites for hydroxylation is 1. The number of benzene rings is 1. The molecule has 1 aromatic carbocycles. The van der Waals surface area contributed by atoms with Gasteiger partial charge in [0.25, 0.3) is 0 Å². The first-order valence-corrected chi connectivity index (χ1v) is 9.39. The highest BCUT2D eigenvalue weighted by Crippen LogP contribution is 2.29. The largest absolute Gasteiger partial charge is 0.494 e. The summed E-state index contributed by atoms with van der Waals surface area (Å²) in [5.74, 6) is 0.851. The second-order valence-electron chi connectivity index (χ2n) is 6.67. The molecule has 26 heavy (non-hydrogen) atoms. The first-order chi connectivity index (χ1) is 12.6. The Bertz CT molecular complexity index is 752. The zero-order valence-electron chi connectivity index (χ0n) is 15.9. The third kappa shape index (κ3) is 4.36. The molecule has 0 saturated heterocycles. The van der Waals surface area contributed by atoms with Crippen molar-refractivity contribution in [1.82, 2.24) is 20.0 Å². The zero-order valence-corrected chi connectivity index (χ0v) is 15.9. The van der Waals surface area contributed by atoms with E-state index in [-0.39, 0.29) is 6.03 Å². The number of nitrogens with zero attached hydrogens (tertiary/aromatic N) is 3. The van der Waals surface area contributed by atoms with Crippen LogP contribution in [0.3, 0.4) is 0 Å². The van der Waals surface area contributed by atoms with Crippen molar-refractivity contribution >= 4 is 6.03 Å². The van der Waals surface area contributed by atoms with Gasteiger partial charge in [0.15, 0.2) is 0 Å². The smallest absolute Gasteiger partial charge is 0.318 e. The summed E-state index contributed by atoms with van der Waals surface area (Å²) in [5, 5.41) is 7.40. The molecule has 0 radical (unpaired) electrons. The van der Waals surface area contributed by atoms with Gasteiger partial charge < -0.3 is 15.0 Å². The van der Waals surface area contributed by atoms with Crippen LogP contribution in [0.4, 0.5) is 4.79 Å². The molecule has 0 spiro atoms. The molecule has 1 heterocycles. The van der Waals surface area contributed by atoms with Crippen LogP contribution in [0.15, 0.2) is 30.5 Å². The van der Waals surface area contributed by atoms with Crippen molar-refractivity contribution in [2.75, 3.05) is 6.61 Å². The molecule has 2 amide bonds. The number of carbonyl (C=O) groups is 1. The Kier molecular flexibility index (Phi) is 5.81. The summed E-state index contributed by atoms with van der Waals surface area (Å²) in [6.07, 6.45) is 3.99. The number of carbonyl (C=O) groups excluding carboxylic acids is 1. The van der Waals surface area contributed by atoms with Crippen molar-refractivity contribution in [3.63, 3.8) is 0 Å². The lowest BCUT2D eigenvalue weighted by atomic mass is 10.2. The molecule has 1 N–H and O–H groups in total. The SMILES string of the molecule is CCOc1cccc(CN(C(=O)NCc2cnn(CC)c2C)C2CC2)c1. The standard InChI is InChI=1S/C20H28N4O2/c1-4-24-15(3)17(13-22-24)12-21-20(25)23(18-9-10-18)14-16-7-6-8-19(11-16)26-5-2/h6-8,11,13,18H,4-5,9-10,12,14H2,1-3H3,(H,21,25). The molecule has 6 nitrogen and oxygen atoms in total. The van der Waals surface area contributed by atoms with E-state index in [1.54, 1.807) is 0 Å². The van der Waals surface area contributed by atoms with Crippen molar-refractivity contribution in [3.05, 3.63) is 47.3 Å². The number of rotatable bonds is 8. The van der Waals surface area contributed by atoms with Crippen LogP contribution in [0.2, 0.25) is 0 Å². The first kappa shape index (κ1) is 18.3. The summed E-state index contributed by atoms with van der Waals surface area (Å²) in [7, 11) is 0. The van der Waals surface area contributed by atoms with E-state index < -0.39 is 0 Å². The van der Waals surface area contributed by atoms with Gasteiger partial charge >= 0.3 is 6.03 Å². The molecule has 1 fully saturated rings. The molecule has 3 rings (SSSR count). The number of hydrogen-bond donors (Lipinski definition) is 1. The highest BCUT2D eigenvalue weighted by atomic mass is 16.5. The van der Waals surface area contributed by atoms with E-state index >= 15 is 0 Å². The van der Waals surface area contributed by atoms with Gasteiger partial charge in [-0.15, -0.1) is 0 Å². The predicted molar refractivity (Wildman–Crippen MR) is 101 cm³/mol. The number of ether oxygens (including phenoxy) is 1. The van der Waals surface area contributed by atoms with Crippen LogP contribution in [0, 0.1) is 6.92 Å². The van der Waals surface area contributed by atoms with Gasteiger partial charge in [-0.2, -0.15) is 5.10 Å². The molecule has 0 aliphatic heterocycles. The molecule has 1 aliphatic rings. The average Bonchev–Trinajstić information content (AvgIpc) is 3.42. The number of aromatic nitrogens is 2. The van der Waals surface area contributed by atoms with Gasteiger partial charge in [0, 0.05) is 36.9 Å². The second kappa shape index (κ2) is 8.25. The van der Waals surface area contributed by atoms with Crippen LogP contribution >= 0.6 is 0 Å². The minimum Gasteiger partial charge on any atom is -0.494 e. The molecule has 0 unspecified atom stereocenters. The summed E-state index contributed by atoms with van der Waals surface area (Å²) in [6.45, 7) is 8.66. The van der Waals surface area contributed by atoms with Crippen molar-refractivity contribution in [2.24, 2.45) is 0 Å². The average molecular weight is 356 g/mol. The molecule has 1 saturated carbocycles. The molecular formula is C20H28N4O2. The fourth-order valence-electron chi connectivity index (χ4n) is 3.10. The van der Waals surface area contributed by atoms with E-state index in [4.69, 9.17) is 4.74 Å². The first-order valence-electron chi connectivity index (χ1n) is 9.39. The molecular weight excluding hydrogens is 328 g/mol. The van der Waals surface area contributed by atoms with E-state index in [9.17, 15) is 4.79 Å². The highest BCUT2D eigenvalue weighted by Gasteiger charge is 2.32. The maximum absolute atomic E-state index is 12.8. The van der Waals surface area contributed by atoms with Crippen LogP contribution in [0.25, 0.3) is 0 Å². The van der Waals surface area contributed by atoms with Gasteiger partial charge in [0.2, 0.25) is 0 Å². The minimum atomic E-state index is -0.0158. The van der Waals surface area contributed by atoms with E-state index in [2.05, 4.69) is 17.3 Å². The van der Waals surface area contributed by atoms with Crippen LogP contribution in [-0.4, -0.2) is 33.4 Å². The quantitative estimate of drug-likeness (QED) is 0.788. The van der Waals surface area contributed by atoms with Crippen LogP contribution in [0.1, 0.15) is 43.5 Å². The van der Waals surface area contributed by atoms with Gasteiger partial charge in [-0.3, -0.25) is 4.68 Å². The Labute approximate surface area is 155 Å². The van der Waals surface area contributed by atoms with Crippen LogP contribution < -0.4 is 10.1 Å². The van der Waals surface area contributed by atoms with Gasteiger partial charge in [-0.25, -0.2) is 4.79 Å². The number of nitrogens with one attached hydrogen (secondary N) is 1. The lowest BCUT2D eigenvalue weighted by Crippen LogP contribution is -2.40. The van der Waals surface area contributed by atoms with Crippen molar-refractivity contribution in [2.45, 2.75) is 59.3 Å². The van der Waals surface area contributed by atoms with Gasteiger partial charge in [0.1, 0.15) is 5.75 Å². The Morgan fingerprint density at radius 3 is 2.85 bits per heavy atom. The Balaban J connectivity index is 1.63. The molecule has 2 aromatic rings. The Morgan fingerprint density at radius 1 is 1.38 bits per heavy atom. The summed E-state index contributed by atoms with van der Waals surface area (Å²) < 4.78 is 7.51. The maximum Gasteiger partial charge on any atom is 0.318 e. The minimum absolute atomic E-state index is 0.0158. The van der Waals surface area contributed by atoms with E-state index in [1.807, 2.05) is 53.9 Å². The van der Waals surface area contributed by atoms with Crippen LogP contribution in [0.5, 0.6) is 5.75 Å². The third-order valence-electron chi connectivity index (χ3n) is 4.75. The van der Waals surface area contributed by atoms with Gasteiger partial charge in [0.05, 0.1) is 12.8 Å². The van der Waals surface area contributed by atoms with Crippen molar-refractivity contribution in [3.8, 4) is 5.75 Å². The normalized spacial score (nSPS) is 13.5.